The molecular formula is C11H11FN2O3. The van der Waals surface area contributed by atoms with Crippen molar-refractivity contribution in [1.29, 1.82) is 0 Å². The van der Waals surface area contributed by atoms with E-state index in [4.69, 9.17) is 5.11 Å². The van der Waals surface area contributed by atoms with Crippen LogP contribution in [0, 0.1) is 5.82 Å². The molecule has 5 nitrogen and oxygen atoms in total. The number of hydrogen-bond acceptors (Lipinski definition) is 3. The summed E-state index contributed by atoms with van der Waals surface area (Å²) in [5.41, 5.74) is 0.983. The number of halogens is 1. The summed E-state index contributed by atoms with van der Waals surface area (Å²) >= 11 is 0. The topological polar surface area (TPSA) is 78.4 Å². The third-order valence-electron chi connectivity index (χ3n) is 2.46. The monoisotopic (exact) mass is 238 g/mol. The van der Waals surface area contributed by atoms with Gasteiger partial charge >= 0.3 is 0 Å². The molecule has 1 heterocycles. The van der Waals surface area contributed by atoms with Gasteiger partial charge in [0.1, 0.15) is 11.9 Å². The average Bonchev–Trinajstić information content (AvgIpc) is 2.57. The Kier molecular flexibility index (Phi) is 2.81. The summed E-state index contributed by atoms with van der Waals surface area (Å²) in [5.74, 6) is -1.54. The third-order valence-corrected chi connectivity index (χ3v) is 2.46. The van der Waals surface area contributed by atoms with Gasteiger partial charge in [-0.3, -0.25) is 9.59 Å². The van der Waals surface area contributed by atoms with Crippen LogP contribution in [0.2, 0.25) is 0 Å². The Hall–Kier alpha value is -1.95. The fourth-order valence-corrected chi connectivity index (χ4v) is 1.58. The third kappa shape index (κ3) is 2.26. The first-order chi connectivity index (χ1) is 7.97. The Labute approximate surface area is 96.6 Å². The van der Waals surface area contributed by atoms with Crippen LogP contribution in [0.5, 0.6) is 0 Å². The first-order valence-corrected chi connectivity index (χ1v) is 5.08. The van der Waals surface area contributed by atoms with Crippen LogP contribution in [-0.2, 0) is 16.0 Å². The van der Waals surface area contributed by atoms with Crippen LogP contribution < -0.4 is 10.6 Å². The van der Waals surface area contributed by atoms with E-state index in [1.165, 1.54) is 19.1 Å². The lowest BCUT2D eigenvalue weighted by atomic mass is 10.1. The number of fused-ring (bicyclic) bond motifs is 1. The summed E-state index contributed by atoms with van der Waals surface area (Å²) in [6.07, 6.45) is -1.09. The molecule has 0 bridgehead atoms. The van der Waals surface area contributed by atoms with E-state index in [0.717, 1.165) is 0 Å². The molecule has 1 aromatic rings. The summed E-state index contributed by atoms with van der Waals surface area (Å²) < 4.78 is 13.6. The number of aliphatic hydroxyl groups excluding tert-OH is 1. The fourth-order valence-electron chi connectivity index (χ4n) is 1.58. The lowest BCUT2D eigenvalue weighted by Crippen LogP contribution is -2.25. The smallest absolute Gasteiger partial charge is 0.252 e. The van der Waals surface area contributed by atoms with Crippen LogP contribution >= 0.6 is 0 Å². The number of benzene rings is 1. The van der Waals surface area contributed by atoms with Gasteiger partial charge in [0.05, 0.1) is 12.1 Å². The van der Waals surface area contributed by atoms with Gasteiger partial charge in [-0.1, -0.05) is 0 Å². The molecule has 3 N–H and O–H groups in total. The van der Waals surface area contributed by atoms with Crippen molar-refractivity contribution in [2.45, 2.75) is 19.4 Å². The van der Waals surface area contributed by atoms with Crippen molar-refractivity contribution in [2.75, 3.05) is 10.6 Å². The maximum Gasteiger partial charge on any atom is 0.252 e. The Bertz CT molecular complexity index is 500. The highest BCUT2D eigenvalue weighted by molar-refractivity contribution is 6.01. The molecule has 0 aliphatic carbocycles. The van der Waals surface area contributed by atoms with E-state index in [9.17, 15) is 14.0 Å². The van der Waals surface area contributed by atoms with E-state index in [1.807, 2.05) is 0 Å². The first-order valence-electron chi connectivity index (χ1n) is 5.08. The molecule has 2 amide bonds. The zero-order valence-corrected chi connectivity index (χ0v) is 9.08. The standard InChI is InChI=1S/C11H11FN2O3/c1-5(15)11(17)14-9-4-8-6(2-7(9)12)3-10(16)13-8/h2,4-5,15H,3H2,1H3,(H,13,16)(H,14,17). The first kappa shape index (κ1) is 11.5. The van der Waals surface area contributed by atoms with Crippen molar-refractivity contribution < 1.29 is 19.1 Å². The molecule has 0 spiro atoms. The molecule has 6 heteroatoms. The predicted molar refractivity (Wildman–Crippen MR) is 59.0 cm³/mol. The van der Waals surface area contributed by atoms with Crippen LogP contribution in [0.4, 0.5) is 15.8 Å². The van der Waals surface area contributed by atoms with Gasteiger partial charge in [-0.15, -0.1) is 0 Å². The van der Waals surface area contributed by atoms with Crippen LogP contribution in [0.15, 0.2) is 12.1 Å². The quantitative estimate of drug-likeness (QED) is 0.707. The van der Waals surface area contributed by atoms with E-state index < -0.39 is 17.8 Å². The summed E-state index contributed by atoms with van der Waals surface area (Å²) in [4.78, 5) is 22.3. The minimum absolute atomic E-state index is 0.0585. The summed E-state index contributed by atoms with van der Waals surface area (Å²) in [5, 5.41) is 13.8. The molecule has 0 radical (unpaired) electrons. The van der Waals surface area contributed by atoms with Crippen molar-refractivity contribution >= 4 is 23.2 Å². The molecule has 0 saturated heterocycles. The Balaban J connectivity index is 2.28. The van der Waals surface area contributed by atoms with E-state index in [0.29, 0.717) is 11.3 Å². The number of hydrogen-bond donors (Lipinski definition) is 3. The average molecular weight is 238 g/mol. The van der Waals surface area contributed by atoms with Gasteiger partial charge in [0, 0.05) is 5.69 Å². The zero-order valence-electron chi connectivity index (χ0n) is 9.08. The molecule has 90 valence electrons. The summed E-state index contributed by atoms with van der Waals surface area (Å²) in [6, 6.07) is 2.54. The molecule has 2 rings (SSSR count). The molecule has 1 aliphatic rings. The predicted octanol–water partition coefficient (Wildman–Crippen LogP) is 0.640. The van der Waals surface area contributed by atoms with Gasteiger partial charge in [-0.2, -0.15) is 0 Å². The molecule has 1 aliphatic heterocycles. The van der Waals surface area contributed by atoms with Crippen molar-refractivity contribution in [3.05, 3.63) is 23.5 Å². The largest absolute Gasteiger partial charge is 0.384 e. The second-order valence-electron chi connectivity index (χ2n) is 3.88. The molecule has 17 heavy (non-hydrogen) atoms. The second kappa shape index (κ2) is 4.14. The highest BCUT2D eigenvalue weighted by Gasteiger charge is 2.21. The van der Waals surface area contributed by atoms with Crippen molar-refractivity contribution in [1.82, 2.24) is 0 Å². The van der Waals surface area contributed by atoms with Gasteiger partial charge in [-0.05, 0) is 24.6 Å². The molecule has 1 atom stereocenters. The SMILES string of the molecule is CC(O)C(=O)Nc1cc2c(cc1F)CC(=O)N2. The van der Waals surface area contributed by atoms with Gasteiger partial charge < -0.3 is 15.7 Å². The normalized spacial score (nSPS) is 15.1. The van der Waals surface area contributed by atoms with E-state index in [-0.39, 0.29) is 18.0 Å². The number of nitrogens with one attached hydrogen (secondary N) is 2. The minimum Gasteiger partial charge on any atom is -0.384 e. The molecule has 0 aromatic heterocycles. The van der Waals surface area contributed by atoms with Crippen LogP contribution in [0.25, 0.3) is 0 Å². The number of aliphatic hydroxyl groups is 1. The maximum atomic E-state index is 13.6. The van der Waals surface area contributed by atoms with Crippen LogP contribution in [0.1, 0.15) is 12.5 Å². The Morgan fingerprint density at radius 3 is 2.94 bits per heavy atom. The molecule has 1 aromatic carbocycles. The number of carbonyl (C=O) groups excluding carboxylic acids is 2. The van der Waals surface area contributed by atoms with E-state index in [1.54, 1.807) is 0 Å². The van der Waals surface area contributed by atoms with Crippen molar-refractivity contribution in [3.8, 4) is 0 Å². The minimum atomic E-state index is -1.22. The highest BCUT2D eigenvalue weighted by atomic mass is 19.1. The van der Waals surface area contributed by atoms with E-state index >= 15 is 0 Å². The maximum absolute atomic E-state index is 13.6. The fraction of sp³-hybridized carbons (Fsp3) is 0.273. The van der Waals surface area contributed by atoms with Crippen LogP contribution in [-0.4, -0.2) is 23.0 Å². The number of anilines is 2. The van der Waals surface area contributed by atoms with E-state index in [2.05, 4.69) is 10.6 Å². The van der Waals surface area contributed by atoms with Gasteiger partial charge in [0.15, 0.2) is 0 Å². The van der Waals surface area contributed by atoms with Crippen LogP contribution in [0.3, 0.4) is 0 Å². The Morgan fingerprint density at radius 2 is 2.29 bits per heavy atom. The molecule has 0 saturated carbocycles. The zero-order chi connectivity index (χ0) is 12.6. The van der Waals surface area contributed by atoms with Gasteiger partial charge in [-0.25, -0.2) is 4.39 Å². The number of carbonyl (C=O) groups is 2. The molecular weight excluding hydrogens is 227 g/mol. The Morgan fingerprint density at radius 1 is 1.59 bits per heavy atom. The lowest BCUT2D eigenvalue weighted by Gasteiger charge is -2.09. The van der Waals surface area contributed by atoms with Gasteiger partial charge in [0.2, 0.25) is 5.91 Å². The van der Waals surface area contributed by atoms with Crippen molar-refractivity contribution in [2.24, 2.45) is 0 Å². The number of amides is 2. The molecule has 0 fully saturated rings. The second-order valence-corrected chi connectivity index (χ2v) is 3.88. The number of rotatable bonds is 2. The summed E-state index contributed by atoms with van der Waals surface area (Å²) in [7, 11) is 0. The van der Waals surface area contributed by atoms with Gasteiger partial charge in [0.25, 0.3) is 5.91 Å². The summed E-state index contributed by atoms with van der Waals surface area (Å²) in [6.45, 7) is 1.28. The highest BCUT2D eigenvalue weighted by Crippen LogP contribution is 2.29. The lowest BCUT2D eigenvalue weighted by molar-refractivity contribution is -0.123. The van der Waals surface area contributed by atoms with Crippen molar-refractivity contribution in [3.63, 3.8) is 0 Å². The molecule has 1 unspecified atom stereocenters.